The fraction of sp³-hybridized carbons (Fsp3) is 0.400. The standard InChI is InChI=1S/C15H19ClN2O2S/c1-3-6-20-14-9-12(16)11(8-13(14)19-4-2)10-18-15-17-5-7-21-15/h5,7-9H,3-4,6,10H2,1-2H3,(H,17,18). The lowest BCUT2D eigenvalue weighted by Crippen LogP contribution is -2.04. The topological polar surface area (TPSA) is 43.4 Å². The Labute approximate surface area is 134 Å². The van der Waals surface area contributed by atoms with Crippen LogP contribution in [0.2, 0.25) is 5.02 Å². The van der Waals surface area contributed by atoms with E-state index in [9.17, 15) is 0 Å². The van der Waals surface area contributed by atoms with Gasteiger partial charge in [-0.1, -0.05) is 18.5 Å². The first-order valence-corrected chi connectivity index (χ1v) is 8.21. The van der Waals surface area contributed by atoms with Gasteiger partial charge >= 0.3 is 0 Å². The predicted molar refractivity (Wildman–Crippen MR) is 87.8 cm³/mol. The number of ether oxygens (including phenoxy) is 2. The molecule has 114 valence electrons. The fourth-order valence-corrected chi connectivity index (χ4v) is 2.54. The van der Waals surface area contributed by atoms with Crippen molar-refractivity contribution in [1.29, 1.82) is 0 Å². The van der Waals surface area contributed by atoms with Gasteiger partial charge in [0.05, 0.1) is 13.2 Å². The minimum atomic E-state index is 0.587. The van der Waals surface area contributed by atoms with E-state index in [1.54, 1.807) is 17.5 Å². The van der Waals surface area contributed by atoms with Crippen LogP contribution in [-0.2, 0) is 6.54 Å². The molecular formula is C15H19ClN2O2S. The van der Waals surface area contributed by atoms with Crippen LogP contribution in [0.15, 0.2) is 23.7 Å². The maximum Gasteiger partial charge on any atom is 0.182 e. The van der Waals surface area contributed by atoms with E-state index >= 15 is 0 Å². The van der Waals surface area contributed by atoms with Crippen molar-refractivity contribution in [3.05, 3.63) is 34.3 Å². The van der Waals surface area contributed by atoms with Gasteiger partial charge in [-0.2, -0.15) is 0 Å². The molecule has 21 heavy (non-hydrogen) atoms. The molecule has 4 nitrogen and oxygen atoms in total. The zero-order valence-corrected chi connectivity index (χ0v) is 13.8. The highest BCUT2D eigenvalue weighted by Crippen LogP contribution is 2.34. The van der Waals surface area contributed by atoms with Gasteiger partial charge in [0, 0.05) is 29.2 Å². The molecule has 1 aromatic heterocycles. The van der Waals surface area contributed by atoms with Crippen molar-refractivity contribution in [2.45, 2.75) is 26.8 Å². The summed E-state index contributed by atoms with van der Waals surface area (Å²) in [7, 11) is 0. The Hall–Kier alpha value is -1.46. The van der Waals surface area contributed by atoms with Gasteiger partial charge in [-0.3, -0.25) is 0 Å². The number of thiazole rings is 1. The largest absolute Gasteiger partial charge is 0.490 e. The highest BCUT2D eigenvalue weighted by molar-refractivity contribution is 7.13. The Morgan fingerprint density at radius 3 is 2.71 bits per heavy atom. The average Bonchev–Trinajstić information content (AvgIpc) is 2.99. The average molecular weight is 327 g/mol. The van der Waals surface area contributed by atoms with Crippen LogP contribution in [0, 0.1) is 0 Å². The van der Waals surface area contributed by atoms with Gasteiger partial charge in [-0.25, -0.2) is 4.98 Å². The molecule has 0 unspecified atom stereocenters. The quantitative estimate of drug-likeness (QED) is 0.770. The molecule has 6 heteroatoms. The summed E-state index contributed by atoms with van der Waals surface area (Å²) in [4.78, 5) is 4.19. The second-order valence-electron chi connectivity index (χ2n) is 4.36. The molecule has 0 aliphatic heterocycles. The fourth-order valence-electron chi connectivity index (χ4n) is 1.79. The van der Waals surface area contributed by atoms with Crippen molar-refractivity contribution in [1.82, 2.24) is 4.98 Å². The number of rotatable bonds is 8. The molecule has 0 aliphatic carbocycles. The van der Waals surface area contributed by atoms with Gasteiger partial charge < -0.3 is 14.8 Å². The first-order chi connectivity index (χ1) is 10.2. The number of nitrogens with one attached hydrogen (secondary N) is 1. The molecule has 1 heterocycles. The van der Waals surface area contributed by atoms with E-state index in [2.05, 4.69) is 17.2 Å². The minimum absolute atomic E-state index is 0.587. The van der Waals surface area contributed by atoms with Crippen LogP contribution in [0.25, 0.3) is 0 Å². The van der Waals surface area contributed by atoms with Crippen molar-refractivity contribution in [2.75, 3.05) is 18.5 Å². The Bertz CT molecular complexity index is 561. The van der Waals surface area contributed by atoms with Gasteiger partial charge in [0.1, 0.15) is 0 Å². The second kappa shape index (κ2) is 8.10. The van der Waals surface area contributed by atoms with Gasteiger partial charge in [-0.15, -0.1) is 11.3 Å². The predicted octanol–water partition coefficient (Wildman–Crippen LogP) is 4.60. The van der Waals surface area contributed by atoms with E-state index in [4.69, 9.17) is 21.1 Å². The second-order valence-corrected chi connectivity index (χ2v) is 5.66. The molecule has 2 aromatic rings. The molecule has 1 N–H and O–H groups in total. The summed E-state index contributed by atoms with van der Waals surface area (Å²) in [6.07, 6.45) is 2.71. The third-order valence-electron chi connectivity index (χ3n) is 2.74. The van der Waals surface area contributed by atoms with Crippen molar-refractivity contribution in [2.24, 2.45) is 0 Å². The first kappa shape index (κ1) is 15.9. The van der Waals surface area contributed by atoms with Gasteiger partial charge in [0.2, 0.25) is 0 Å². The number of anilines is 1. The molecule has 1 aromatic carbocycles. The zero-order chi connectivity index (χ0) is 15.1. The molecule has 0 saturated heterocycles. The van der Waals surface area contributed by atoms with Crippen LogP contribution < -0.4 is 14.8 Å². The molecular weight excluding hydrogens is 308 g/mol. The lowest BCUT2D eigenvalue weighted by Gasteiger charge is -2.14. The summed E-state index contributed by atoms with van der Waals surface area (Å²) in [6, 6.07) is 3.75. The highest BCUT2D eigenvalue weighted by atomic mass is 35.5. The van der Waals surface area contributed by atoms with Crippen molar-refractivity contribution >= 4 is 28.1 Å². The summed E-state index contributed by atoms with van der Waals surface area (Å²) in [5.74, 6) is 1.42. The molecule has 0 bridgehead atoms. The van der Waals surface area contributed by atoms with Crippen LogP contribution >= 0.6 is 22.9 Å². The van der Waals surface area contributed by atoms with Crippen molar-refractivity contribution in [3.63, 3.8) is 0 Å². The van der Waals surface area contributed by atoms with Crippen molar-refractivity contribution < 1.29 is 9.47 Å². The van der Waals surface area contributed by atoms with Crippen LogP contribution in [0.1, 0.15) is 25.8 Å². The summed E-state index contributed by atoms with van der Waals surface area (Å²) >= 11 is 7.88. The number of benzene rings is 1. The van der Waals surface area contributed by atoms with Crippen LogP contribution in [0.4, 0.5) is 5.13 Å². The Morgan fingerprint density at radius 2 is 2.05 bits per heavy atom. The number of aromatic nitrogens is 1. The molecule has 0 spiro atoms. The summed E-state index contributed by atoms with van der Waals surface area (Å²) in [5, 5.41) is 6.70. The number of hydrogen-bond donors (Lipinski definition) is 1. The van der Waals surface area contributed by atoms with Crippen LogP contribution in [0.3, 0.4) is 0 Å². The highest BCUT2D eigenvalue weighted by Gasteiger charge is 2.11. The molecule has 0 amide bonds. The van der Waals surface area contributed by atoms with E-state index in [1.165, 1.54) is 0 Å². The van der Waals surface area contributed by atoms with Gasteiger partial charge in [-0.05, 0) is 25.0 Å². The number of hydrogen-bond acceptors (Lipinski definition) is 5. The molecule has 0 fully saturated rings. The normalized spacial score (nSPS) is 10.4. The minimum Gasteiger partial charge on any atom is -0.490 e. The molecule has 0 saturated carbocycles. The third kappa shape index (κ3) is 4.51. The Kier molecular flexibility index (Phi) is 6.14. The smallest absolute Gasteiger partial charge is 0.182 e. The van der Waals surface area contributed by atoms with Crippen LogP contribution in [0.5, 0.6) is 11.5 Å². The maximum atomic E-state index is 6.33. The summed E-state index contributed by atoms with van der Waals surface area (Å²) in [5.41, 5.74) is 0.958. The third-order valence-corrected chi connectivity index (χ3v) is 3.82. The molecule has 2 rings (SSSR count). The Balaban J connectivity index is 2.14. The summed E-state index contributed by atoms with van der Waals surface area (Å²) in [6.45, 7) is 5.84. The molecule has 0 aliphatic rings. The molecule has 0 radical (unpaired) electrons. The van der Waals surface area contributed by atoms with Crippen LogP contribution in [-0.4, -0.2) is 18.2 Å². The van der Waals surface area contributed by atoms with Gasteiger partial charge in [0.15, 0.2) is 16.6 Å². The Morgan fingerprint density at radius 1 is 1.24 bits per heavy atom. The maximum absolute atomic E-state index is 6.33. The lowest BCUT2D eigenvalue weighted by molar-refractivity contribution is 0.276. The van der Waals surface area contributed by atoms with E-state index < -0.39 is 0 Å². The molecule has 0 atom stereocenters. The first-order valence-electron chi connectivity index (χ1n) is 6.96. The number of nitrogens with zero attached hydrogens (tertiary/aromatic N) is 1. The number of halogens is 1. The lowest BCUT2D eigenvalue weighted by atomic mass is 10.2. The summed E-state index contributed by atoms with van der Waals surface area (Å²) < 4.78 is 11.3. The van der Waals surface area contributed by atoms with E-state index in [0.717, 1.165) is 22.9 Å². The SMILES string of the molecule is CCCOc1cc(Cl)c(CNc2nccs2)cc1OCC. The van der Waals surface area contributed by atoms with E-state index in [-0.39, 0.29) is 0 Å². The van der Waals surface area contributed by atoms with E-state index in [1.807, 2.05) is 24.4 Å². The van der Waals surface area contributed by atoms with Gasteiger partial charge in [0.25, 0.3) is 0 Å². The monoisotopic (exact) mass is 326 g/mol. The zero-order valence-electron chi connectivity index (χ0n) is 12.2. The van der Waals surface area contributed by atoms with Crippen molar-refractivity contribution in [3.8, 4) is 11.5 Å². The van der Waals surface area contributed by atoms with E-state index in [0.29, 0.717) is 30.5 Å².